The Hall–Kier alpha value is -3.47. The van der Waals surface area contributed by atoms with Gasteiger partial charge in [-0.05, 0) is 60.4 Å². The summed E-state index contributed by atoms with van der Waals surface area (Å²) in [6.45, 7) is 2.71. The molecular weight excluding hydrogens is 350 g/mol. The molecule has 2 aromatic carbocycles. The first-order valence-electron chi connectivity index (χ1n) is 9.41. The van der Waals surface area contributed by atoms with Gasteiger partial charge in [-0.2, -0.15) is 0 Å². The predicted octanol–water partition coefficient (Wildman–Crippen LogP) is 4.10. The summed E-state index contributed by atoms with van der Waals surface area (Å²) < 4.78 is 0. The Kier molecular flexibility index (Phi) is 4.89. The molecule has 0 saturated heterocycles. The molecule has 1 aliphatic rings. The lowest BCUT2D eigenvalue weighted by molar-refractivity contribution is 0.0988. The van der Waals surface area contributed by atoms with Crippen LogP contribution >= 0.6 is 0 Å². The minimum atomic E-state index is -0.160. The highest BCUT2D eigenvalue weighted by Crippen LogP contribution is 2.32. The Labute approximate surface area is 164 Å². The highest BCUT2D eigenvalue weighted by Gasteiger charge is 2.26. The van der Waals surface area contributed by atoms with Crippen LogP contribution < -0.4 is 10.2 Å². The van der Waals surface area contributed by atoms with Crippen molar-refractivity contribution in [2.75, 3.05) is 16.8 Å². The number of anilines is 2. The summed E-state index contributed by atoms with van der Waals surface area (Å²) in [6.07, 6.45) is 4.97. The first kappa shape index (κ1) is 17.9. The van der Waals surface area contributed by atoms with E-state index in [1.54, 1.807) is 29.4 Å². The summed E-state index contributed by atoms with van der Waals surface area (Å²) in [5.74, 6) is -0.215. The van der Waals surface area contributed by atoms with Crippen molar-refractivity contribution in [1.82, 2.24) is 4.98 Å². The van der Waals surface area contributed by atoms with Crippen LogP contribution in [0.3, 0.4) is 0 Å². The van der Waals surface area contributed by atoms with Gasteiger partial charge in [0.15, 0.2) is 0 Å². The average Bonchev–Trinajstić information content (AvgIpc) is 3.17. The number of aryl methyl sites for hydroxylation is 1. The second-order valence-corrected chi connectivity index (χ2v) is 6.79. The molecule has 5 nitrogen and oxygen atoms in total. The fraction of sp³-hybridized carbons (Fsp3) is 0.174. The highest BCUT2D eigenvalue weighted by molar-refractivity contribution is 6.08. The number of pyridine rings is 1. The van der Waals surface area contributed by atoms with E-state index in [1.165, 1.54) is 5.56 Å². The van der Waals surface area contributed by atoms with Crippen LogP contribution in [0.2, 0.25) is 0 Å². The molecule has 0 unspecified atom stereocenters. The number of amides is 2. The van der Waals surface area contributed by atoms with Crippen molar-refractivity contribution >= 4 is 23.2 Å². The number of nitrogens with one attached hydrogen (secondary N) is 1. The molecule has 3 aromatic rings. The largest absolute Gasteiger partial charge is 0.322 e. The van der Waals surface area contributed by atoms with Gasteiger partial charge < -0.3 is 10.2 Å². The first-order chi connectivity index (χ1) is 13.7. The van der Waals surface area contributed by atoms with E-state index >= 15 is 0 Å². The van der Waals surface area contributed by atoms with E-state index < -0.39 is 0 Å². The third kappa shape index (κ3) is 3.51. The molecule has 0 bridgehead atoms. The maximum absolute atomic E-state index is 12.8. The molecule has 2 heterocycles. The molecule has 0 radical (unpaired) electrons. The topological polar surface area (TPSA) is 62.3 Å². The SMILES string of the molecule is CCc1ccc(C(=O)Nc2ccc3c(c2)N(C(=O)c2ccncc2)CC3)cc1. The Balaban J connectivity index is 1.55. The normalized spacial score (nSPS) is 12.5. The summed E-state index contributed by atoms with van der Waals surface area (Å²) in [6, 6.07) is 16.8. The Morgan fingerprint density at radius 2 is 1.75 bits per heavy atom. The minimum absolute atomic E-state index is 0.0558. The van der Waals surface area contributed by atoms with Crippen molar-refractivity contribution in [2.45, 2.75) is 19.8 Å². The average molecular weight is 371 g/mol. The number of rotatable bonds is 4. The first-order valence-corrected chi connectivity index (χ1v) is 9.41. The van der Waals surface area contributed by atoms with E-state index in [4.69, 9.17) is 0 Å². The number of nitrogens with zero attached hydrogens (tertiary/aromatic N) is 2. The predicted molar refractivity (Wildman–Crippen MR) is 110 cm³/mol. The van der Waals surface area contributed by atoms with Crippen LogP contribution in [0, 0.1) is 0 Å². The quantitative estimate of drug-likeness (QED) is 0.751. The molecule has 0 spiro atoms. The van der Waals surface area contributed by atoms with Crippen molar-refractivity contribution in [1.29, 1.82) is 0 Å². The van der Waals surface area contributed by atoms with Crippen LogP contribution in [0.15, 0.2) is 67.0 Å². The number of benzene rings is 2. The lowest BCUT2D eigenvalue weighted by atomic mass is 10.1. The van der Waals surface area contributed by atoms with E-state index in [2.05, 4.69) is 17.2 Å². The molecule has 0 aliphatic carbocycles. The number of hydrogen-bond acceptors (Lipinski definition) is 3. The van der Waals surface area contributed by atoms with Gasteiger partial charge in [-0.25, -0.2) is 0 Å². The molecule has 2 amide bonds. The fourth-order valence-electron chi connectivity index (χ4n) is 3.41. The molecule has 140 valence electrons. The lowest BCUT2D eigenvalue weighted by Crippen LogP contribution is -2.28. The lowest BCUT2D eigenvalue weighted by Gasteiger charge is -2.18. The number of carbonyl (C=O) groups excluding carboxylic acids is 2. The van der Waals surface area contributed by atoms with Crippen molar-refractivity contribution < 1.29 is 9.59 Å². The van der Waals surface area contributed by atoms with Gasteiger partial charge in [0.2, 0.25) is 0 Å². The molecule has 1 aromatic heterocycles. The summed E-state index contributed by atoms with van der Waals surface area (Å²) in [7, 11) is 0. The van der Waals surface area contributed by atoms with Gasteiger partial charge in [-0.15, -0.1) is 0 Å². The zero-order valence-electron chi connectivity index (χ0n) is 15.7. The van der Waals surface area contributed by atoms with Gasteiger partial charge >= 0.3 is 0 Å². The molecule has 0 saturated carbocycles. The second-order valence-electron chi connectivity index (χ2n) is 6.79. The van der Waals surface area contributed by atoms with E-state index in [0.29, 0.717) is 23.4 Å². The molecule has 0 atom stereocenters. The van der Waals surface area contributed by atoms with Crippen LogP contribution in [-0.2, 0) is 12.8 Å². The smallest absolute Gasteiger partial charge is 0.258 e. The standard InChI is InChI=1S/C23H21N3O2/c1-2-16-3-5-18(6-4-16)22(27)25-20-8-7-17-11-14-26(21(17)15-20)23(28)19-9-12-24-13-10-19/h3-10,12-13,15H,2,11,14H2,1H3,(H,25,27). The third-order valence-electron chi connectivity index (χ3n) is 5.04. The van der Waals surface area contributed by atoms with Gasteiger partial charge in [0.1, 0.15) is 0 Å². The van der Waals surface area contributed by atoms with E-state index in [-0.39, 0.29) is 11.8 Å². The van der Waals surface area contributed by atoms with Crippen LogP contribution in [-0.4, -0.2) is 23.3 Å². The van der Waals surface area contributed by atoms with Gasteiger partial charge in [-0.3, -0.25) is 14.6 Å². The van der Waals surface area contributed by atoms with Crippen molar-refractivity contribution in [3.05, 3.63) is 89.2 Å². The monoisotopic (exact) mass is 371 g/mol. The zero-order chi connectivity index (χ0) is 19.5. The fourth-order valence-corrected chi connectivity index (χ4v) is 3.41. The molecule has 1 N–H and O–H groups in total. The Morgan fingerprint density at radius 3 is 2.46 bits per heavy atom. The van der Waals surface area contributed by atoms with Crippen molar-refractivity contribution in [2.24, 2.45) is 0 Å². The summed E-state index contributed by atoms with van der Waals surface area (Å²) in [4.78, 5) is 31.1. The van der Waals surface area contributed by atoms with Gasteiger partial charge in [0.05, 0.1) is 0 Å². The number of carbonyl (C=O) groups is 2. The van der Waals surface area contributed by atoms with E-state index in [1.807, 2.05) is 42.5 Å². The molecule has 5 heteroatoms. The zero-order valence-corrected chi connectivity index (χ0v) is 15.7. The van der Waals surface area contributed by atoms with Crippen molar-refractivity contribution in [3.63, 3.8) is 0 Å². The van der Waals surface area contributed by atoms with Crippen molar-refractivity contribution in [3.8, 4) is 0 Å². The second kappa shape index (κ2) is 7.64. The van der Waals surface area contributed by atoms with Crippen LogP contribution in [0.1, 0.15) is 38.8 Å². The van der Waals surface area contributed by atoms with Gasteiger partial charge in [0, 0.05) is 41.4 Å². The minimum Gasteiger partial charge on any atom is -0.322 e. The maximum atomic E-state index is 12.8. The summed E-state index contributed by atoms with van der Waals surface area (Å²) in [5.41, 5.74) is 5.04. The molecule has 4 rings (SSSR count). The van der Waals surface area contributed by atoms with E-state index in [9.17, 15) is 9.59 Å². The maximum Gasteiger partial charge on any atom is 0.258 e. The Bertz CT molecular complexity index is 1010. The number of hydrogen-bond donors (Lipinski definition) is 1. The number of aromatic nitrogens is 1. The summed E-state index contributed by atoms with van der Waals surface area (Å²) in [5, 5.41) is 2.94. The highest BCUT2D eigenvalue weighted by atomic mass is 16.2. The van der Waals surface area contributed by atoms with Crippen LogP contribution in [0.25, 0.3) is 0 Å². The number of fused-ring (bicyclic) bond motifs is 1. The van der Waals surface area contributed by atoms with E-state index in [0.717, 1.165) is 24.1 Å². The van der Waals surface area contributed by atoms with Gasteiger partial charge in [-0.1, -0.05) is 25.1 Å². The summed E-state index contributed by atoms with van der Waals surface area (Å²) >= 11 is 0. The molecule has 28 heavy (non-hydrogen) atoms. The van der Waals surface area contributed by atoms with Crippen LogP contribution in [0.4, 0.5) is 11.4 Å². The van der Waals surface area contributed by atoms with Crippen LogP contribution in [0.5, 0.6) is 0 Å². The van der Waals surface area contributed by atoms with Gasteiger partial charge in [0.25, 0.3) is 11.8 Å². The molecule has 0 fully saturated rings. The molecular formula is C23H21N3O2. The molecule has 1 aliphatic heterocycles. The third-order valence-corrected chi connectivity index (χ3v) is 5.04. The Morgan fingerprint density at radius 1 is 1.00 bits per heavy atom.